The van der Waals surface area contributed by atoms with E-state index in [4.69, 9.17) is 4.74 Å². The van der Waals surface area contributed by atoms with E-state index in [1.807, 2.05) is 0 Å². The van der Waals surface area contributed by atoms with Crippen LogP contribution in [0.1, 0.15) is 41.4 Å². The van der Waals surface area contributed by atoms with Crippen LogP contribution in [0.3, 0.4) is 0 Å². The lowest BCUT2D eigenvalue weighted by Gasteiger charge is -2.18. The summed E-state index contributed by atoms with van der Waals surface area (Å²) < 4.78 is 56.0. The molecule has 0 radical (unpaired) electrons. The minimum Gasteiger partial charge on any atom is -0.449 e. The van der Waals surface area contributed by atoms with Gasteiger partial charge in [-0.15, -0.1) is 0 Å². The van der Waals surface area contributed by atoms with E-state index in [1.54, 1.807) is 6.92 Å². The average molecular weight is 383 g/mol. The lowest BCUT2D eigenvalue weighted by atomic mass is 10.1. The minimum absolute atomic E-state index is 0.309. The normalized spacial score (nSPS) is 13.6. The molecule has 0 bridgehead atoms. The molecular weight excluding hydrogens is 366 g/mol. The third kappa shape index (κ3) is 5.54. The van der Waals surface area contributed by atoms with Crippen LogP contribution in [0, 0.1) is 5.82 Å². The van der Waals surface area contributed by atoms with E-state index >= 15 is 0 Å². The molecule has 0 saturated carbocycles. The monoisotopic (exact) mass is 383 g/mol. The number of rotatable bonds is 5. The highest BCUT2D eigenvalue weighted by molar-refractivity contribution is 5.92. The van der Waals surface area contributed by atoms with Gasteiger partial charge in [-0.1, -0.05) is 18.2 Å². The van der Waals surface area contributed by atoms with Crippen LogP contribution in [0.15, 0.2) is 48.5 Å². The van der Waals surface area contributed by atoms with E-state index in [0.29, 0.717) is 11.6 Å². The third-order valence-corrected chi connectivity index (χ3v) is 3.81. The molecule has 0 aliphatic heterocycles. The first kappa shape index (κ1) is 20.4. The largest absolute Gasteiger partial charge is 0.449 e. The quantitative estimate of drug-likeness (QED) is 0.620. The number of halogens is 4. The van der Waals surface area contributed by atoms with Gasteiger partial charge in [-0.2, -0.15) is 13.2 Å². The number of hydrogen-bond acceptors (Lipinski definition) is 3. The maximum absolute atomic E-state index is 12.9. The maximum atomic E-state index is 12.9. The van der Waals surface area contributed by atoms with Gasteiger partial charge in [0, 0.05) is 0 Å². The smallest absolute Gasteiger partial charge is 0.416 e. The molecule has 0 heterocycles. The average Bonchev–Trinajstić information content (AvgIpc) is 2.61. The van der Waals surface area contributed by atoms with Crippen LogP contribution < -0.4 is 5.32 Å². The topological polar surface area (TPSA) is 55.4 Å². The molecule has 2 aromatic rings. The number of carbonyl (C=O) groups excluding carboxylic acids is 2. The molecule has 0 aromatic heterocycles. The molecule has 2 rings (SSSR count). The van der Waals surface area contributed by atoms with Crippen molar-refractivity contribution in [2.24, 2.45) is 0 Å². The Labute approximate surface area is 153 Å². The third-order valence-electron chi connectivity index (χ3n) is 3.81. The number of esters is 1. The number of ether oxygens (including phenoxy) is 1. The lowest BCUT2D eigenvalue weighted by molar-refractivity contribution is -0.137. The molecule has 0 aliphatic rings. The van der Waals surface area contributed by atoms with Gasteiger partial charge in [-0.25, -0.2) is 9.18 Å². The number of nitrogens with one attached hydrogen (secondary N) is 1. The Morgan fingerprint density at radius 1 is 1.04 bits per heavy atom. The number of amides is 1. The van der Waals surface area contributed by atoms with Crippen molar-refractivity contribution in [2.45, 2.75) is 32.2 Å². The van der Waals surface area contributed by atoms with Crippen molar-refractivity contribution < 1.29 is 31.9 Å². The van der Waals surface area contributed by atoms with Gasteiger partial charge in [0.05, 0.1) is 17.2 Å². The SMILES string of the molecule is C[C@H](OC(=O)c1cccc(C(F)(F)F)c1)C(=O)N[C@@H](C)c1ccc(F)cc1. The fourth-order valence-corrected chi connectivity index (χ4v) is 2.27. The van der Waals surface area contributed by atoms with Gasteiger partial charge < -0.3 is 10.1 Å². The number of carbonyl (C=O) groups is 2. The van der Waals surface area contributed by atoms with E-state index < -0.39 is 41.6 Å². The molecule has 144 valence electrons. The number of benzene rings is 2. The van der Waals surface area contributed by atoms with Crippen molar-refractivity contribution >= 4 is 11.9 Å². The fraction of sp³-hybridized carbons (Fsp3) is 0.263. The van der Waals surface area contributed by atoms with E-state index in [0.717, 1.165) is 12.1 Å². The predicted octanol–water partition coefficient (Wildman–Crippen LogP) is 4.27. The summed E-state index contributed by atoms with van der Waals surface area (Å²) >= 11 is 0. The van der Waals surface area contributed by atoms with Gasteiger partial charge >= 0.3 is 12.1 Å². The Hall–Kier alpha value is -2.90. The van der Waals surface area contributed by atoms with E-state index in [-0.39, 0.29) is 5.56 Å². The molecule has 2 atom stereocenters. The second-order valence-electron chi connectivity index (χ2n) is 5.91. The van der Waals surface area contributed by atoms with Crippen LogP contribution in [-0.4, -0.2) is 18.0 Å². The molecule has 0 unspecified atom stereocenters. The Morgan fingerprint density at radius 3 is 2.26 bits per heavy atom. The Bertz CT molecular complexity index is 818. The summed E-state index contributed by atoms with van der Waals surface area (Å²) in [6.45, 7) is 2.96. The molecule has 2 aromatic carbocycles. The van der Waals surface area contributed by atoms with E-state index in [1.165, 1.54) is 37.3 Å². The maximum Gasteiger partial charge on any atom is 0.416 e. The molecule has 0 aliphatic carbocycles. The van der Waals surface area contributed by atoms with Crippen molar-refractivity contribution in [3.8, 4) is 0 Å². The Balaban J connectivity index is 1.99. The summed E-state index contributed by atoms with van der Waals surface area (Å²) in [6, 6.07) is 8.76. The highest BCUT2D eigenvalue weighted by Gasteiger charge is 2.31. The van der Waals surface area contributed by atoms with Crippen molar-refractivity contribution in [3.63, 3.8) is 0 Å². The Kier molecular flexibility index (Phi) is 6.20. The lowest BCUT2D eigenvalue weighted by Crippen LogP contribution is -2.37. The van der Waals surface area contributed by atoms with Crippen LogP contribution in [0.5, 0.6) is 0 Å². The highest BCUT2D eigenvalue weighted by atomic mass is 19.4. The molecule has 0 saturated heterocycles. The number of alkyl halides is 3. The standard InChI is InChI=1S/C19H17F4NO3/c1-11(13-6-8-16(20)9-7-13)24-17(25)12(2)27-18(26)14-4-3-5-15(10-14)19(21,22)23/h3-12H,1-2H3,(H,24,25)/t11-,12-/m0/s1. The van der Waals surface area contributed by atoms with Gasteiger partial charge in [0.15, 0.2) is 6.10 Å². The summed E-state index contributed by atoms with van der Waals surface area (Å²) in [5.41, 5.74) is -0.656. The van der Waals surface area contributed by atoms with Gasteiger partial charge in [0.1, 0.15) is 5.82 Å². The molecule has 0 spiro atoms. The first-order valence-corrected chi connectivity index (χ1v) is 8.02. The van der Waals surface area contributed by atoms with Gasteiger partial charge in [0.2, 0.25) is 0 Å². The Morgan fingerprint density at radius 2 is 1.67 bits per heavy atom. The van der Waals surface area contributed by atoms with Gasteiger partial charge in [0.25, 0.3) is 5.91 Å². The van der Waals surface area contributed by atoms with Crippen LogP contribution in [0.2, 0.25) is 0 Å². The molecule has 27 heavy (non-hydrogen) atoms. The molecule has 1 amide bonds. The van der Waals surface area contributed by atoms with Crippen LogP contribution >= 0.6 is 0 Å². The second-order valence-corrected chi connectivity index (χ2v) is 5.91. The molecule has 4 nitrogen and oxygen atoms in total. The zero-order valence-corrected chi connectivity index (χ0v) is 14.5. The van der Waals surface area contributed by atoms with Crippen LogP contribution in [0.4, 0.5) is 17.6 Å². The summed E-state index contributed by atoms with van der Waals surface area (Å²) in [5.74, 6) is -2.09. The van der Waals surface area contributed by atoms with Crippen molar-refractivity contribution in [1.82, 2.24) is 5.32 Å². The van der Waals surface area contributed by atoms with Gasteiger partial charge in [-0.3, -0.25) is 4.79 Å². The summed E-state index contributed by atoms with van der Waals surface area (Å²) in [6.07, 6.45) is -5.82. The predicted molar refractivity (Wildman–Crippen MR) is 89.3 cm³/mol. The first-order chi connectivity index (χ1) is 12.6. The highest BCUT2D eigenvalue weighted by Crippen LogP contribution is 2.29. The van der Waals surface area contributed by atoms with E-state index in [9.17, 15) is 27.2 Å². The summed E-state index contributed by atoms with van der Waals surface area (Å²) in [5, 5.41) is 2.59. The molecular formula is C19H17F4NO3. The fourth-order valence-electron chi connectivity index (χ4n) is 2.27. The van der Waals surface area contributed by atoms with E-state index in [2.05, 4.69) is 5.32 Å². The molecule has 1 N–H and O–H groups in total. The zero-order chi connectivity index (χ0) is 20.2. The first-order valence-electron chi connectivity index (χ1n) is 8.02. The summed E-state index contributed by atoms with van der Waals surface area (Å²) in [4.78, 5) is 24.2. The van der Waals surface area contributed by atoms with Crippen molar-refractivity contribution in [1.29, 1.82) is 0 Å². The zero-order valence-electron chi connectivity index (χ0n) is 14.5. The van der Waals surface area contributed by atoms with Gasteiger partial charge in [-0.05, 0) is 49.7 Å². The minimum atomic E-state index is -4.59. The van der Waals surface area contributed by atoms with Crippen LogP contribution in [0.25, 0.3) is 0 Å². The number of hydrogen-bond donors (Lipinski definition) is 1. The molecule has 8 heteroatoms. The molecule has 0 fully saturated rings. The van der Waals surface area contributed by atoms with Crippen molar-refractivity contribution in [3.05, 3.63) is 71.0 Å². The van der Waals surface area contributed by atoms with Crippen LogP contribution in [-0.2, 0) is 15.7 Å². The second kappa shape index (κ2) is 8.20. The van der Waals surface area contributed by atoms with Crippen molar-refractivity contribution in [2.75, 3.05) is 0 Å². The summed E-state index contributed by atoms with van der Waals surface area (Å²) in [7, 11) is 0.